The number of carbonyl (C=O) groups is 1. The van der Waals surface area contributed by atoms with Crippen molar-refractivity contribution in [1.29, 1.82) is 0 Å². The van der Waals surface area contributed by atoms with E-state index in [1.54, 1.807) is 6.07 Å². The molecule has 7 heteroatoms. The third kappa shape index (κ3) is 4.62. The third-order valence-electron chi connectivity index (χ3n) is 7.90. The molecule has 5 rings (SSSR count). The molecule has 2 N–H and O–H groups in total. The van der Waals surface area contributed by atoms with Crippen molar-refractivity contribution in [3.05, 3.63) is 69.8 Å². The Labute approximate surface area is 216 Å². The molecule has 1 saturated carbocycles. The molecule has 1 atom stereocenters. The number of carbonyl (C=O) groups excluding carboxylic acids is 1. The minimum atomic E-state index is -0.353. The lowest BCUT2D eigenvalue weighted by Gasteiger charge is -2.40. The fraction of sp³-hybridized carbons (Fsp3) is 0.429. The first-order valence-corrected chi connectivity index (χ1v) is 13.3. The van der Waals surface area contributed by atoms with Crippen LogP contribution in [0.4, 0.5) is 0 Å². The van der Waals surface area contributed by atoms with Gasteiger partial charge in [-0.2, -0.15) is 5.10 Å². The van der Waals surface area contributed by atoms with Gasteiger partial charge in [0.05, 0.1) is 23.2 Å². The lowest BCUT2D eigenvalue weighted by molar-refractivity contribution is -0.143. The minimum Gasteiger partial charge on any atom is -0.338 e. The predicted molar refractivity (Wildman–Crippen MR) is 144 cm³/mol. The van der Waals surface area contributed by atoms with Gasteiger partial charge in [0.2, 0.25) is 5.91 Å². The second kappa shape index (κ2) is 9.96. The first kappa shape index (κ1) is 24.4. The number of nitrogens with zero attached hydrogens (tertiary/aromatic N) is 3. The number of aromatic nitrogens is 2. The molecule has 2 heterocycles. The van der Waals surface area contributed by atoms with Crippen molar-refractivity contribution in [3.63, 3.8) is 0 Å². The Balaban J connectivity index is 1.38. The molecule has 1 aliphatic carbocycles. The van der Waals surface area contributed by atoms with E-state index in [0.717, 1.165) is 55.1 Å². The van der Waals surface area contributed by atoms with Gasteiger partial charge in [0, 0.05) is 35.1 Å². The molecule has 5 nitrogen and oxygen atoms in total. The Morgan fingerprint density at radius 2 is 1.94 bits per heavy atom. The van der Waals surface area contributed by atoms with Crippen LogP contribution in [0.2, 0.25) is 10.0 Å². The molecule has 1 aromatic heterocycles. The van der Waals surface area contributed by atoms with Gasteiger partial charge in [0.15, 0.2) is 0 Å². The second-order valence-corrected chi connectivity index (χ2v) is 10.8. The van der Waals surface area contributed by atoms with Crippen LogP contribution in [0, 0.1) is 5.41 Å². The van der Waals surface area contributed by atoms with Crippen LogP contribution in [-0.2, 0) is 4.79 Å². The van der Waals surface area contributed by atoms with Crippen LogP contribution in [0.3, 0.4) is 0 Å². The number of fused-ring (bicyclic) bond motifs is 1. The van der Waals surface area contributed by atoms with Gasteiger partial charge < -0.3 is 10.6 Å². The van der Waals surface area contributed by atoms with Crippen molar-refractivity contribution in [1.82, 2.24) is 14.7 Å². The maximum absolute atomic E-state index is 13.4. The molecule has 0 unspecified atom stereocenters. The van der Waals surface area contributed by atoms with Crippen LogP contribution in [0.1, 0.15) is 62.6 Å². The number of halogens is 2. The summed E-state index contributed by atoms with van der Waals surface area (Å²) < 4.78 is 2.02. The van der Waals surface area contributed by atoms with Crippen molar-refractivity contribution in [2.24, 2.45) is 11.1 Å². The second-order valence-electron chi connectivity index (χ2n) is 9.98. The van der Waals surface area contributed by atoms with E-state index in [0.29, 0.717) is 23.1 Å². The lowest BCUT2D eigenvalue weighted by atomic mass is 9.73. The quantitative estimate of drug-likeness (QED) is 0.427. The van der Waals surface area contributed by atoms with E-state index >= 15 is 0 Å². The van der Waals surface area contributed by atoms with Gasteiger partial charge in [-0.1, -0.05) is 66.7 Å². The predicted octanol–water partition coefficient (Wildman–Crippen LogP) is 6.48. The monoisotopic (exact) mass is 510 g/mol. The summed E-state index contributed by atoms with van der Waals surface area (Å²) >= 11 is 12.6. The Bertz CT molecular complexity index is 1280. The molecular weight excluding hydrogens is 479 g/mol. The minimum absolute atomic E-state index is 0.0380. The first-order valence-electron chi connectivity index (χ1n) is 12.5. The maximum atomic E-state index is 13.4. The van der Waals surface area contributed by atoms with E-state index in [9.17, 15) is 4.79 Å². The van der Waals surface area contributed by atoms with E-state index < -0.39 is 0 Å². The summed E-state index contributed by atoms with van der Waals surface area (Å²) in [4.78, 5) is 15.4. The normalized spacial score (nSPS) is 19.0. The van der Waals surface area contributed by atoms with Gasteiger partial charge in [-0.25, -0.2) is 0 Å². The van der Waals surface area contributed by atoms with Gasteiger partial charge in [-0.15, -0.1) is 0 Å². The van der Waals surface area contributed by atoms with Crippen LogP contribution in [0.5, 0.6) is 0 Å². The van der Waals surface area contributed by atoms with Crippen LogP contribution < -0.4 is 5.73 Å². The van der Waals surface area contributed by atoms with Gasteiger partial charge in [0.25, 0.3) is 0 Å². The van der Waals surface area contributed by atoms with E-state index in [-0.39, 0.29) is 17.4 Å². The van der Waals surface area contributed by atoms with Crippen molar-refractivity contribution < 1.29 is 4.79 Å². The number of hydrogen-bond donors (Lipinski definition) is 1. The highest BCUT2D eigenvalue weighted by atomic mass is 35.5. The van der Waals surface area contributed by atoms with E-state index in [4.69, 9.17) is 28.9 Å². The summed E-state index contributed by atoms with van der Waals surface area (Å²) in [6.07, 6.45) is 10.2. The molecule has 2 aromatic carbocycles. The third-order valence-corrected chi connectivity index (χ3v) is 8.46. The van der Waals surface area contributed by atoms with E-state index in [2.05, 4.69) is 36.3 Å². The number of benzene rings is 2. The van der Waals surface area contributed by atoms with Crippen molar-refractivity contribution in [2.45, 2.75) is 51.5 Å². The molecule has 0 spiro atoms. The molecule has 0 saturated heterocycles. The SMILES string of the molecule is C[C@H](c1ccc(Cl)cc1Cl)n1ncc2ccc(C3=CCN(C(=O)C4(CN)CCCCC4)CC3)cc21. The number of amides is 1. The fourth-order valence-electron chi connectivity index (χ4n) is 5.70. The van der Waals surface area contributed by atoms with Crippen LogP contribution in [0.15, 0.2) is 48.7 Å². The molecule has 35 heavy (non-hydrogen) atoms. The molecule has 0 bridgehead atoms. The van der Waals surface area contributed by atoms with E-state index in [1.807, 2.05) is 27.9 Å². The van der Waals surface area contributed by atoms with Gasteiger partial charge >= 0.3 is 0 Å². The summed E-state index contributed by atoms with van der Waals surface area (Å²) in [5.41, 5.74) is 10.2. The van der Waals surface area contributed by atoms with Gasteiger partial charge in [-0.05, 0) is 61.1 Å². The summed E-state index contributed by atoms with van der Waals surface area (Å²) in [5, 5.41) is 7.01. The zero-order valence-electron chi connectivity index (χ0n) is 20.1. The van der Waals surface area contributed by atoms with E-state index in [1.165, 1.54) is 17.6 Å². The fourth-order valence-corrected chi connectivity index (χ4v) is 6.27. The molecular formula is C28H32Cl2N4O. The highest BCUT2D eigenvalue weighted by Crippen LogP contribution is 2.38. The number of nitrogens with two attached hydrogens (primary N) is 1. The molecule has 184 valence electrons. The summed E-state index contributed by atoms with van der Waals surface area (Å²) in [5.74, 6) is 0.247. The standard InChI is InChI=1S/C28H32Cl2N4O/c1-19(24-8-7-23(29)16-25(24)30)34-26-15-21(5-6-22(26)17-32-34)20-9-13-33(14-10-20)27(35)28(18-31)11-3-2-4-12-28/h5-9,15-17,19H,2-4,10-14,18,31H2,1H3/t19-/m1/s1. The summed E-state index contributed by atoms with van der Waals surface area (Å²) in [6.45, 7) is 3.93. The lowest BCUT2D eigenvalue weighted by Crippen LogP contribution is -2.50. The Hall–Kier alpha value is -2.34. The van der Waals surface area contributed by atoms with Gasteiger partial charge in [-0.3, -0.25) is 9.48 Å². The highest BCUT2D eigenvalue weighted by molar-refractivity contribution is 6.35. The summed E-state index contributed by atoms with van der Waals surface area (Å²) in [7, 11) is 0. The Kier molecular flexibility index (Phi) is 6.93. The molecule has 1 aliphatic heterocycles. The van der Waals surface area contributed by atoms with Crippen molar-refractivity contribution >= 4 is 45.6 Å². The molecule has 2 aliphatic rings. The zero-order valence-corrected chi connectivity index (χ0v) is 21.7. The largest absolute Gasteiger partial charge is 0.338 e. The maximum Gasteiger partial charge on any atom is 0.230 e. The molecule has 0 radical (unpaired) electrons. The zero-order chi connectivity index (χ0) is 24.6. The first-order chi connectivity index (χ1) is 16.9. The molecule has 1 fully saturated rings. The average molecular weight is 511 g/mol. The topological polar surface area (TPSA) is 64.2 Å². The Morgan fingerprint density at radius 3 is 2.63 bits per heavy atom. The average Bonchev–Trinajstić information content (AvgIpc) is 3.32. The highest BCUT2D eigenvalue weighted by Gasteiger charge is 2.41. The molecule has 1 amide bonds. The Morgan fingerprint density at radius 1 is 1.14 bits per heavy atom. The van der Waals surface area contributed by atoms with Crippen molar-refractivity contribution in [2.75, 3.05) is 19.6 Å². The van der Waals surface area contributed by atoms with Crippen LogP contribution >= 0.6 is 23.2 Å². The van der Waals surface area contributed by atoms with Crippen molar-refractivity contribution in [3.8, 4) is 0 Å². The van der Waals surface area contributed by atoms with Crippen LogP contribution in [0.25, 0.3) is 16.5 Å². The smallest absolute Gasteiger partial charge is 0.230 e. The summed E-state index contributed by atoms with van der Waals surface area (Å²) in [6, 6.07) is 12.0. The number of rotatable bonds is 5. The van der Waals surface area contributed by atoms with Gasteiger partial charge in [0.1, 0.15) is 0 Å². The van der Waals surface area contributed by atoms with Crippen LogP contribution in [-0.4, -0.2) is 40.2 Å². The molecule has 3 aromatic rings. The number of hydrogen-bond acceptors (Lipinski definition) is 3.